The van der Waals surface area contributed by atoms with Gasteiger partial charge in [-0.15, -0.1) is 0 Å². The van der Waals surface area contributed by atoms with E-state index in [-0.39, 0.29) is 25.6 Å². The lowest BCUT2D eigenvalue weighted by Gasteiger charge is -2.21. The molecular weight excluding hydrogens is 246 g/mol. The highest BCUT2D eigenvalue weighted by Crippen LogP contribution is 2.07. The van der Waals surface area contributed by atoms with E-state index in [1.54, 1.807) is 0 Å². The molecule has 0 radical (unpaired) electrons. The van der Waals surface area contributed by atoms with Gasteiger partial charge < -0.3 is 9.84 Å². The van der Waals surface area contributed by atoms with Crippen molar-refractivity contribution in [1.29, 1.82) is 0 Å². The quantitative estimate of drug-likeness (QED) is 0.857. The van der Waals surface area contributed by atoms with Gasteiger partial charge in [0.1, 0.15) is 6.54 Å². The Hall–Kier alpha value is -2.04. The van der Waals surface area contributed by atoms with Crippen molar-refractivity contribution in [2.75, 3.05) is 13.2 Å². The summed E-state index contributed by atoms with van der Waals surface area (Å²) in [6, 6.07) is 9.22. The predicted octanol–water partition coefficient (Wildman–Crippen LogP) is 2.37. The van der Waals surface area contributed by atoms with Crippen LogP contribution in [0.15, 0.2) is 30.3 Å². The fourth-order valence-electron chi connectivity index (χ4n) is 1.48. The van der Waals surface area contributed by atoms with Gasteiger partial charge in [0.15, 0.2) is 0 Å². The van der Waals surface area contributed by atoms with Crippen LogP contribution in [0.5, 0.6) is 0 Å². The van der Waals surface area contributed by atoms with E-state index in [1.165, 1.54) is 4.90 Å². The predicted molar refractivity (Wildman–Crippen MR) is 70.7 cm³/mol. The third-order valence-electron chi connectivity index (χ3n) is 2.34. The Balaban J connectivity index is 2.66. The van der Waals surface area contributed by atoms with Crippen molar-refractivity contribution in [3.8, 4) is 0 Å². The molecule has 1 rings (SSSR count). The molecule has 0 saturated carbocycles. The lowest BCUT2D eigenvalue weighted by Crippen LogP contribution is -2.36. The fourth-order valence-corrected chi connectivity index (χ4v) is 1.48. The highest BCUT2D eigenvalue weighted by molar-refractivity contribution is 5.76. The van der Waals surface area contributed by atoms with Crippen LogP contribution in [0.1, 0.15) is 19.4 Å². The van der Waals surface area contributed by atoms with E-state index < -0.39 is 12.1 Å². The minimum Gasteiger partial charge on any atom is -0.480 e. The maximum absolute atomic E-state index is 11.8. The Bertz CT molecular complexity index is 417. The average Bonchev–Trinajstić information content (AvgIpc) is 2.36. The highest BCUT2D eigenvalue weighted by Gasteiger charge is 2.18. The first kappa shape index (κ1) is 15.0. The minimum absolute atomic E-state index is 0.215. The summed E-state index contributed by atoms with van der Waals surface area (Å²) in [5, 5.41) is 8.84. The van der Waals surface area contributed by atoms with Gasteiger partial charge in [-0.25, -0.2) is 4.79 Å². The topological polar surface area (TPSA) is 66.8 Å². The van der Waals surface area contributed by atoms with E-state index >= 15 is 0 Å². The van der Waals surface area contributed by atoms with Crippen LogP contribution in [-0.4, -0.2) is 35.2 Å². The third kappa shape index (κ3) is 5.90. The first-order valence-corrected chi connectivity index (χ1v) is 6.16. The second-order valence-corrected chi connectivity index (χ2v) is 4.71. The molecular formula is C14H19NO4. The minimum atomic E-state index is -1.06. The van der Waals surface area contributed by atoms with Crippen LogP contribution in [0.3, 0.4) is 0 Å². The van der Waals surface area contributed by atoms with Gasteiger partial charge in [0.25, 0.3) is 0 Å². The van der Waals surface area contributed by atoms with Crippen LogP contribution >= 0.6 is 0 Å². The van der Waals surface area contributed by atoms with Gasteiger partial charge in [-0.2, -0.15) is 0 Å². The number of amides is 1. The Kier molecular flexibility index (Phi) is 5.85. The molecule has 0 fully saturated rings. The van der Waals surface area contributed by atoms with Crippen molar-refractivity contribution < 1.29 is 19.4 Å². The molecule has 1 aromatic carbocycles. The number of ether oxygens (including phenoxy) is 1. The van der Waals surface area contributed by atoms with Crippen molar-refractivity contribution >= 4 is 12.1 Å². The van der Waals surface area contributed by atoms with E-state index in [9.17, 15) is 9.59 Å². The highest BCUT2D eigenvalue weighted by atomic mass is 16.6. The summed E-state index contributed by atoms with van der Waals surface area (Å²) in [6.07, 6.45) is -0.597. The first-order chi connectivity index (χ1) is 8.99. The van der Waals surface area contributed by atoms with Gasteiger partial charge in [0.05, 0.1) is 6.61 Å². The number of carboxylic acids is 1. The second-order valence-electron chi connectivity index (χ2n) is 4.71. The van der Waals surface area contributed by atoms with Gasteiger partial charge in [-0.1, -0.05) is 44.2 Å². The number of carboxylic acid groups (broad SMARTS) is 1. The summed E-state index contributed by atoms with van der Waals surface area (Å²) < 4.78 is 5.06. The van der Waals surface area contributed by atoms with Crippen LogP contribution < -0.4 is 0 Å². The van der Waals surface area contributed by atoms with E-state index in [2.05, 4.69) is 0 Å². The molecule has 1 N–H and O–H groups in total. The monoisotopic (exact) mass is 265 g/mol. The summed E-state index contributed by atoms with van der Waals surface area (Å²) in [7, 11) is 0. The van der Waals surface area contributed by atoms with Crippen LogP contribution in [0.25, 0.3) is 0 Å². The SMILES string of the molecule is CC(C)COC(=O)N(CC(=O)O)Cc1ccccc1. The summed E-state index contributed by atoms with van der Waals surface area (Å²) >= 11 is 0. The first-order valence-electron chi connectivity index (χ1n) is 6.16. The van der Waals surface area contributed by atoms with E-state index in [4.69, 9.17) is 9.84 Å². The molecule has 1 amide bonds. The Labute approximate surface area is 112 Å². The molecule has 0 spiro atoms. The van der Waals surface area contributed by atoms with Crippen LogP contribution in [0.2, 0.25) is 0 Å². The molecule has 0 aliphatic rings. The number of benzene rings is 1. The molecule has 104 valence electrons. The lowest BCUT2D eigenvalue weighted by molar-refractivity contribution is -0.138. The van der Waals surface area contributed by atoms with Crippen LogP contribution in [0, 0.1) is 5.92 Å². The van der Waals surface area contributed by atoms with Crippen molar-refractivity contribution in [3.05, 3.63) is 35.9 Å². The van der Waals surface area contributed by atoms with Crippen LogP contribution in [-0.2, 0) is 16.1 Å². The number of hydrogen-bond donors (Lipinski definition) is 1. The number of nitrogens with zero attached hydrogens (tertiary/aromatic N) is 1. The third-order valence-corrected chi connectivity index (χ3v) is 2.34. The van der Waals surface area contributed by atoms with E-state index in [1.807, 2.05) is 44.2 Å². The number of hydrogen-bond acceptors (Lipinski definition) is 3. The second kappa shape index (κ2) is 7.41. The van der Waals surface area contributed by atoms with E-state index in [0.29, 0.717) is 0 Å². The maximum Gasteiger partial charge on any atom is 0.410 e. The Morgan fingerprint density at radius 1 is 1.26 bits per heavy atom. The van der Waals surface area contributed by atoms with Crippen molar-refractivity contribution in [2.24, 2.45) is 5.92 Å². The number of carbonyl (C=O) groups excluding carboxylic acids is 1. The van der Waals surface area contributed by atoms with E-state index in [0.717, 1.165) is 5.56 Å². The Morgan fingerprint density at radius 3 is 2.42 bits per heavy atom. The van der Waals surface area contributed by atoms with Crippen molar-refractivity contribution in [1.82, 2.24) is 4.90 Å². The number of rotatable bonds is 6. The summed E-state index contributed by atoms with van der Waals surface area (Å²) in [6.45, 7) is 3.98. The van der Waals surface area contributed by atoms with Gasteiger partial charge in [0.2, 0.25) is 0 Å². The molecule has 1 aromatic rings. The zero-order chi connectivity index (χ0) is 14.3. The van der Waals surface area contributed by atoms with Crippen molar-refractivity contribution in [3.63, 3.8) is 0 Å². The molecule has 0 heterocycles. The summed E-state index contributed by atoms with van der Waals surface area (Å²) in [4.78, 5) is 23.8. The Morgan fingerprint density at radius 2 is 1.89 bits per heavy atom. The van der Waals surface area contributed by atoms with Crippen LogP contribution in [0.4, 0.5) is 4.79 Å². The molecule has 0 aliphatic carbocycles. The molecule has 0 aromatic heterocycles. The molecule has 0 aliphatic heterocycles. The molecule has 0 saturated heterocycles. The van der Waals surface area contributed by atoms with Crippen molar-refractivity contribution in [2.45, 2.75) is 20.4 Å². The zero-order valence-corrected chi connectivity index (χ0v) is 11.2. The molecule has 0 bridgehead atoms. The molecule has 5 heteroatoms. The smallest absolute Gasteiger partial charge is 0.410 e. The van der Waals surface area contributed by atoms with Gasteiger partial charge in [-0.3, -0.25) is 9.69 Å². The van der Waals surface area contributed by atoms with Gasteiger partial charge in [-0.05, 0) is 11.5 Å². The summed E-state index contributed by atoms with van der Waals surface area (Å²) in [5.41, 5.74) is 0.866. The number of aliphatic carboxylic acids is 1. The molecule has 5 nitrogen and oxygen atoms in total. The van der Waals surface area contributed by atoms with Gasteiger partial charge in [0, 0.05) is 6.54 Å². The largest absolute Gasteiger partial charge is 0.480 e. The lowest BCUT2D eigenvalue weighted by atomic mass is 10.2. The molecule has 0 unspecified atom stereocenters. The average molecular weight is 265 g/mol. The number of carbonyl (C=O) groups is 2. The standard InChI is InChI=1S/C14H19NO4/c1-11(2)10-19-14(18)15(9-13(16)17)8-12-6-4-3-5-7-12/h3-7,11H,8-10H2,1-2H3,(H,16,17). The molecule has 0 atom stereocenters. The summed E-state index contributed by atoms with van der Waals surface area (Å²) in [5.74, 6) is -0.843. The molecule has 19 heavy (non-hydrogen) atoms. The normalized spacial score (nSPS) is 10.3. The van der Waals surface area contributed by atoms with Gasteiger partial charge >= 0.3 is 12.1 Å². The fraction of sp³-hybridized carbons (Fsp3) is 0.429. The zero-order valence-electron chi connectivity index (χ0n) is 11.2. The maximum atomic E-state index is 11.8.